The molecule has 0 fully saturated rings. The maximum atomic E-state index is 11.2. The molecule has 0 spiro atoms. The minimum absolute atomic E-state index is 2.52. The summed E-state index contributed by atoms with van der Waals surface area (Å²) >= 11 is 0. The van der Waals surface area contributed by atoms with Crippen LogP contribution in [0.2, 0.25) is 0 Å². The molecule has 0 rings (SSSR count). The first-order chi connectivity index (χ1) is 2.81. The summed E-state index contributed by atoms with van der Waals surface area (Å²) in [6.45, 7) is 0. The van der Waals surface area contributed by atoms with Gasteiger partial charge in [0.2, 0.25) is 0 Å². The second-order valence-electron chi connectivity index (χ2n) is 0.423. The van der Waals surface area contributed by atoms with Gasteiger partial charge in [-0.15, -0.1) is 0 Å². The molecule has 38 valence electrons. The summed E-state index contributed by atoms with van der Waals surface area (Å²) in [4.78, 5) is 0. The third kappa shape index (κ3) is 2.44. The van der Waals surface area contributed by atoms with Crippen molar-refractivity contribution in [2.45, 2.75) is 0 Å². The van der Waals surface area contributed by atoms with Gasteiger partial charge in [-0.1, -0.05) is 0 Å². The second kappa shape index (κ2) is 3.39. The molecule has 4 N–H and O–H groups in total. The van der Waals surface area contributed by atoms with E-state index >= 15 is 0 Å². The largest absolute Gasteiger partial charge is 0.409 e. The van der Waals surface area contributed by atoms with Crippen molar-refractivity contribution in [3.8, 4) is 0 Å². The molecule has 0 atom stereocenters. The van der Waals surface area contributed by atoms with Crippen LogP contribution in [0.1, 0.15) is 0 Å². The monoisotopic (exact) mass is 114 g/mol. The van der Waals surface area contributed by atoms with Crippen LogP contribution in [-0.2, 0) is 9.25 Å². The fraction of sp³-hybridized carbons (Fsp3) is 0. The third-order valence-corrected chi connectivity index (χ3v) is 0.497. The van der Waals surface area contributed by atoms with Crippen molar-refractivity contribution in [3.05, 3.63) is 0 Å². The van der Waals surface area contributed by atoms with Gasteiger partial charge >= 0.3 is 8.69 Å². The molecule has 0 unspecified atom stereocenters. The molecule has 0 heterocycles. The molecule has 0 aliphatic heterocycles. The Kier molecular flexibility index (Phi) is 3.51. The fourth-order valence-corrected chi connectivity index (χ4v) is 0.0745. The van der Waals surface area contributed by atoms with Gasteiger partial charge in [-0.05, 0) is 0 Å². The van der Waals surface area contributed by atoms with E-state index in [0.717, 1.165) is 0 Å². The Hall–Kier alpha value is 0.200. The Morgan fingerprint density at radius 1 is 1.33 bits per heavy atom. The van der Waals surface area contributed by atoms with Crippen molar-refractivity contribution < 1.29 is 13.4 Å². The number of rotatable bonds is 2. The average molecular weight is 114 g/mol. The zero-order valence-electron chi connectivity index (χ0n) is 2.80. The van der Waals surface area contributed by atoms with Crippen LogP contribution >= 0.6 is 8.69 Å². The molecule has 0 aromatic rings. The summed E-state index contributed by atoms with van der Waals surface area (Å²) in [7, 11) is -2.52. The maximum absolute atomic E-state index is 11.2. The van der Waals surface area contributed by atoms with Crippen LogP contribution in [0.25, 0.3) is 0 Å². The van der Waals surface area contributed by atoms with Crippen LogP contribution in [0.4, 0.5) is 4.20 Å². The molecule has 0 aliphatic rings. The maximum Gasteiger partial charge on any atom is 0.409 e. The molecule has 0 aliphatic carbocycles. The van der Waals surface area contributed by atoms with E-state index in [4.69, 9.17) is 0 Å². The zero-order chi connectivity index (χ0) is 4.99. The molecule has 0 aromatic heterocycles. The molecule has 4 nitrogen and oxygen atoms in total. The van der Waals surface area contributed by atoms with Crippen molar-refractivity contribution in [1.29, 1.82) is 0 Å². The summed E-state index contributed by atoms with van der Waals surface area (Å²) in [5.74, 6) is 8.46. The predicted octanol–water partition coefficient (Wildman–Crippen LogP) is -0.0366. The van der Waals surface area contributed by atoms with Gasteiger partial charge in [0.25, 0.3) is 0 Å². The molecule has 0 radical (unpaired) electrons. The average Bonchev–Trinajstić information content (AvgIpc) is 1.65. The molecule has 0 bridgehead atoms. The van der Waals surface area contributed by atoms with E-state index in [1.54, 1.807) is 0 Å². The lowest BCUT2D eigenvalue weighted by atomic mass is 13.6. The van der Waals surface area contributed by atoms with Crippen molar-refractivity contribution in [1.82, 2.24) is 0 Å². The van der Waals surface area contributed by atoms with Gasteiger partial charge in [0.05, 0.1) is 0 Å². The second-order valence-corrected chi connectivity index (χ2v) is 1.27. The van der Waals surface area contributed by atoms with E-state index in [0.29, 0.717) is 0 Å². The minimum Gasteiger partial charge on any atom is -0.222 e. The van der Waals surface area contributed by atoms with Crippen LogP contribution in [0, 0.1) is 0 Å². The molecule has 0 amide bonds. The Balaban J connectivity index is 2.75. The van der Waals surface area contributed by atoms with Gasteiger partial charge in [-0.25, -0.2) is 21.0 Å². The van der Waals surface area contributed by atoms with Crippen LogP contribution < -0.4 is 11.8 Å². The van der Waals surface area contributed by atoms with Gasteiger partial charge in [0, 0.05) is 0 Å². The highest BCUT2D eigenvalue weighted by Gasteiger charge is 2.00. The molecule has 6 heteroatoms. The summed E-state index contributed by atoms with van der Waals surface area (Å²) in [6, 6.07) is 0. The van der Waals surface area contributed by atoms with E-state index in [1.807, 2.05) is 0 Å². The topological polar surface area (TPSA) is 70.5 Å². The zero-order valence-corrected chi connectivity index (χ0v) is 3.69. The first-order valence-corrected chi connectivity index (χ1v) is 2.07. The van der Waals surface area contributed by atoms with Gasteiger partial charge in [-0.3, -0.25) is 0 Å². The smallest absolute Gasteiger partial charge is 0.222 e. The van der Waals surface area contributed by atoms with Crippen LogP contribution in [0.5, 0.6) is 0 Å². The molecular formula is H4FN2O2P. The van der Waals surface area contributed by atoms with Gasteiger partial charge in [-0.2, -0.15) is 4.20 Å². The van der Waals surface area contributed by atoms with Crippen LogP contribution in [-0.4, -0.2) is 0 Å². The van der Waals surface area contributed by atoms with E-state index in [-0.39, 0.29) is 0 Å². The Labute approximate surface area is 35.2 Å². The SMILES string of the molecule is NOP(F)ON. The highest BCUT2D eigenvalue weighted by atomic mass is 31.2. The lowest BCUT2D eigenvalue weighted by molar-refractivity contribution is 0.233. The lowest BCUT2D eigenvalue weighted by Gasteiger charge is -1.93. The predicted molar refractivity (Wildman–Crippen MR) is 18.6 cm³/mol. The molecule has 0 saturated carbocycles. The van der Waals surface area contributed by atoms with E-state index < -0.39 is 8.69 Å². The van der Waals surface area contributed by atoms with Crippen molar-refractivity contribution in [3.63, 3.8) is 0 Å². The number of halogens is 1. The van der Waals surface area contributed by atoms with Crippen molar-refractivity contribution in [2.75, 3.05) is 0 Å². The Morgan fingerprint density at radius 3 is 1.67 bits per heavy atom. The third-order valence-electron chi connectivity index (χ3n) is 0.166. The summed E-state index contributed by atoms with van der Waals surface area (Å²) < 4.78 is 18.1. The minimum atomic E-state index is -2.52. The number of hydrogen-bond acceptors (Lipinski definition) is 4. The summed E-state index contributed by atoms with van der Waals surface area (Å²) in [6.07, 6.45) is 0. The van der Waals surface area contributed by atoms with Gasteiger partial charge < -0.3 is 0 Å². The quantitative estimate of drug-likeness (QED) is 0.390. The Bertz CT molecular complexity index is 30.7. The van der Waals surface area contributed by atoms with E-state index in [9.17, 15) is 4.20 Å². The van der Waals surface area contributed by atoms with E-state index in [2.05, 4.69) is 21.0 Å². The Morgan fingerprint density at radius 2 is 1.67 bits per heavy atom. The summed E-state index contributed by atoms with van der Waals surface area (Å²) in [5.41, 5.74) is 0. The number of hydrogen-bond donors (Lipinski definition) is 2. The molecule has 0 saturated heterocycles. The number of nitrogens with two attached hydrogens (primary N) is 2. The molecular weight excluding hydrogens is 110 g/mol. The van der Waals surface area contributed by atoms with Crippen LogP contribution in [0.3, 0.4) is 0 Å². The summed E-state index contributed by atoms with van der Waals surface area (Å²) in [5, 5.41) is 0. The van der Waals surface area contributed by atoms with E-state index in [1.165, 1.54) is 0 Å². The highest BCUT2D eigenvalue weighted by Crippen LogP contribution is 2.34. The van der Waals surface area contributed by atoms with Crippen molar-refractivity contribution >= 4 is 8.69 Å². The van der Waals surface area contributed by atoms with Gasteiger partial charge in [0.1, 0.15) is 0 Å². The first kappa shape index (κ1) is 6.20. The van der Waals surface area contributed by atoms with Crippen LogP contribution in [0.15, 0.2) is 0 Å². The highest BCUT2D eigenvalue weighted by molar-refractivity contribution is 7.41. The van der Waals surface area contributed by atoms with Crippen molar-refractivity contribution in [2.24, 2.45) is 11.8 Å². The molecule has 0 aromatic carbocycles. The normalized spacial score (nSPS) is 10.0. The first-order valence-electron chi connectivity index (χ1n) is 1.01. The molecule has 6 heavy (non-hydrogen) atoms. The van der Waals surface area contributed by atoms with Gasteiger partial charge in [0.15, 0.2) is 0 Å². The standard InChI is InChI=1S/FH4N2O2P/c1-6(4-2)5-3/h2-3H2. The fourth-order valence-electron chi connectivity index (χ4n) is 0.0248. The lowest BCUT2D eigenvalue weighted by Crippen LogP contribution is -1.96.